The van der Waals surface area contributed by atoms with Gasteiger partial charge in [-0.15, -0.1) is 0 Å². The molecule has 3 aromatic heterocycles. The third-order valence-electron chi connectivity index (χ3n) is 2.47. The fourth-order valence-corrected chi connectivity index (χ4v) is 1.72. The molecule has 84 valence electrons. The molecule has 0 amide bonds. The van der Waals surface area contributed by atoms with Crippen LogP contribution in [0.15, 0.2) is 24.9 Å². The minimum atomic E-state index is 0.400. The lowest BCUT2D eigenvalue weighted by atomic mass is 10.2. The predicted molar refractivity (Wildman–Crippen MR) is 61.7 cm³/mol. The molecule has 3 aromatic rings. The Morgan fingerprint density at radius 1 is 1.18 bits per heavy atom. The van der Waals surface area contributed by atoms with E-state index >= 15 is 0 Å². The van der Waals surface area contributed by atoms with Crippen molar-refractivity contribution in [3.63, 3.8) is 0 Å². The second-order valence-corrected chi connectivity index (χ2v) is 3.52. The second kappa shape index (κ2) is 3.48. The van der Waals surface area contributed by atoms with Crippen molar-refractivity contribution in [1.82, 2.24) is 29.7 Å². The van der Waals surface area contributed by atoms with E-state index in [-0.39, 0.29) is 0 Å². The van der Waals surface area contributed by atoms with E-state index in [9.17, 15) is 0 Å². The second-order valence-electron chi connectivity index (χ2n) is 3.52. The highest BCUT2D eigenvalue weighted by atomic mass is 15.3. The van der Waals surface area contributed by atoms with Crippen molar-refractivity contribution in [3.8, 4) is 11.4 Å². The molecule has 0 bridgehead atoms. The van der Waals surface area contributed by atoms with Crippen molar-refractivity contribution in [2.24, 2.45) is 7.05 Å². The van der Waals surface area contributed by atoms with Gasteiger partial charge < -0.3 is 5.73 Å². The van der Waals surface area contributed by atoms with Gasteiger partial charge in [0, 0.05) is 13.2 Å². The average Bonchev–Trinajstić information content (AvgIpc) is 2.70. The summed E-state index contributed by atoms with van der Waals surface area (Å²) in [5, 5.41) is 5.08. The topological polar surface area (TPSA) is 95.4 Å². The number of nitrogen functional groups attached to an aromatic ring is 1. The third-order valence-corrected chi connectivity index (χ3v) is 2.47. The van der Waals surface area contributed by atoms with Gasteiger partial charge in [-0.05, 0) is 6.07 Å². The van der Waals surface area contributed by atoms with Crippen molar-refractivity contribution in [3.05, 3.63) is 24.9 Å². The maximum Gasteiger partial charge on any atom is 0.163 e. The molecule has 7 nitrogen and oxygen atoms in total. The fourth-order valence-electron chi connectivity index (χ4n) is 1.72. The summed E-state index contributed by atoms with van der Waals surface area (Å²) in [5.74, 6) is 0.400. The van der Waals surface area contributed by atoms with Crippen molar-refractivity contribution in [2.45, 2.75) is 0 Å². The number of nitrogens with zero attached hydrogens (tertiary/aromatic N) is 6. The quantitative estimate of drug-likeness (QED) is 0.646. The first-order valence-electron chi connectivity index (χ1n) is 4.97. The summed E-state index contributed by atoms with van der Waals surface area (Å²) in [4.78, 5) is 16.2. The molecular formula is C10H9N7. The molecular weight excluding hydrogens is 218 g/mol. The highest BCUT2D eigenvalue weighted by Gasteiger charge is 2.15. The number of aromatic nitrogens is 6. The van der Waals surface area contributed by atoms with Crippen LogP contribution in [0.1, 0.15) is 0 Å². The Hall–Kier alpha value is -2.57. The highest BCUT2D eigenvalue weighted by Crippen LogP contribution is 2.27. The summed E-state index contributed by atoms with van der Waals surface area (Å²) < 4.78 is 1.66. The van der Waals surface area contributed by atoms with E-state index in [4.69, 9.17) is 5.73 Å². The Bertz CT molecular complexity index is 674. The van der Waals surface area contributed by atoms with E-state index in [2.05, 4.69) is 25.0 Å². The van der Waals surface area contributed by atoms with Gasteiger partial charge in [-0.2, -0.15) is 5.10 Å². The summed E-state index contributed by atoms with van der Waals surface area (Å²) in [7, 11) is 1.81. The number of fused-ring (bicyclic) bond motifs is 1. The number of rotatable bonds is 1. The molecule has 7 heteroatoms. The molecule has 0 fully saturated rings. The normalized spacial score (nSPS) is 10.9. The van der Waals surface area contributed by atoms with Crippen molar-refractivity contribution >= 4 is 16.9 Å². The first-order valence-corrected chi connectivity index (χ1v) is 4.97. The molecule has 3 heterocycles. The van der Waals surface area contributed by atoms with E-state index in [1.165, 1.54) is 12.7 Å². The largest absolute Gasteiger partial charge is 0.383 e. The molecule has 0 saturated carbocycles. The fraction of sp³-hybridized carbons (Fsp3) is 0.100. The lowest BCUT2D eigenvalue weighted by molar-refractivity contribution is 0.787. The zero-order valence-electron chi connectivity index (χ0n) is 9.07. The van der Waals surface area contributed by atoms with Crippen molar-refractivity contribution in [1.29, 1.82) is 0 Å². The SMILES string of the molecule is Cn1nc(-c2ccncn2)c2c(N)ncnc21. The Kier molecular flexibility index (Phi) is 1.97. The summed E-state index contributed by atoms with van der Waals surface area (Å²) >= 11 is 0. The van der Waals surface area contributed by atoms with Crippen molar-refractivity contribution < 1.29 is 0 Å². The van der Waals surface area contributed by atoms with E-state index in [1.807, 2.05) is 0 Å². The summed E-state index contributed by atoms with van der Waals surface area (Å²) in [6.45, 7) is 0. The average molecular weight is 227 g/mol. The predicted octanol–water partition coefficient (Wildman–Crippen LogP) is 0.402. The van der Waals surface area contributed by atoms with Gasteiger partial charge in [0.1, 0.15) is 24.2 Å². The van der Waals surface area contributed by atoms with E-state index in [1.54, 1.807) is 24.0 Å². The maximum atomic E-state index is 5.86. The van der Waals surface area contributed by atoms with Crippen LogP contribution in [0.4, 0.5) is 5.82 Å². The summed E-state index contributed by atoms with van der Waals surface area (Å²) in [6, 6.07) is 1.77. The van der Waals surface area contributed by atoms with Crippen LogP contribution in [0, 0.1) is 0 Å². The standard InChI is InChI=1S/C10H9N7/c1-17-10-7(9(11)14-5-15-10)8(16-17)6-2-3-12-4-13-6/h2-5H,1H3,(H2,11,14,15). The minimum Gasteiger partial charge on any atom is -0.383 e. The van der Waals surface area contributed by atoms with Crippen LogP contribution >= 0.6 is 0 Å². The van der Waals surface area contributed by atoms with E-state index < -0.39 is 0 Å². The first kappa shape index (κ1) is 9.64. The summed E-state index contributed by atoms with van der Waals surface area (Å²) in [5.41, 5.74) is 7.92. The molecule has 0 aliphatic rings. The molecule has 0 aliphatic carbocycles. The number of hydrogen-bond donors (Lipinski definition) is 1. The van der Waals surface area contributed by atoms with Crippen LogP contribution in [-0.2, 0) is 7.05 Å². The molecule has 17 heavy (non-hydrogen) atoms. The smallest absolute Gasteiger partial charge is 0.163 e. The van der Waals surface area contributed by atoms with Crippen LogP contribution in [0.25, 0.3) is 22.4 Å². The molecule has 0 aromatic carbocycles. The first-order chi connectivity index (χ1) is 8.27. The van der Waals surface area contributed by atoms with Gasteiger partial charge in [-0.3, -0.25) is 0 Å². The number of aryl methyl sites for hydroxylation is 1. The zero-order valence-corrected chi connectivity index (χ0v) is 9.07. The van der Waals surface area contributed by atoms with E-state index in [0.29, 0.717) is 28.2 Å². The van der Waals surface area contributed by atoms with Crippen LogP contribution in [-0.4, -0.2) is 29.7 Å². The zero-order chi connectivity index (χ0) is 11.8. The molecule has 3 rings (SSSR count). The van der Waals surface area contributed by atoms with Gasteiger partial charge in [0.15, 0.2) is 5.65 Å². The maximum absolute atomic E-state index is 5.86. The molecule has 0 spiro atoms. The molecule has 0 unspecified atom stereocenters. The van der Waals surface area contributed by atoms with Gasteiger partial charge in [0.05, 0.1) is 11.1 Å². The van der Waals surface area contributed by atoms with Crippen LogP contribution < -0.4 is 5.73 Å². The van der Waals surface area contributed by atoms with Crippen molar-refractivity contribution in [2.75, 3.05) is 5.73 Å². The number of hydrogen-bond acceptors (Lipinski definition) is 6. The monoisotopic (exact) mass is 227 g/mol. The molecule has 0 aliphatic heterocycles. The van der Waals surface area contributed by atoms with Gasteiger partial charge in [-0.25, -0.2) is 24.6 Å². The van der Waals surface area contributed by atoms with E-state index in [0.717, 1.165) is 0 Å². The Labute approximate surface area is 96.4 Å². The molecule has 0 radical (unpaired) electrons. The third kappa shape index (κ3) is 1.40. The van der Waals surface area contributed by atoms with Crippen LogP contribution in [0.2, 0.25) is 0 Å². The van der Waals surface area contributed by atoms with Gasteiger partial charge in [0.2, 0.25) is 0 Å². The molecule has 0 saturated heterocycles. The Balaban J connectivity index is 2.38. The van der Waals surface area contributed by atoms with Gasteiger partial charge in [-0.1, -0.05) is 0 Å². The highest BCUT2D eigenvalue weighted by molar-refractivity contribution is 5.97. The Morgan fingerprint density at radius 3 is 2.82 bits per heavy atom. The van der Waals surface area contributed by atoms with Gasteiger partial charge >= 0.3 is 0 Å². The summed E-state index contributed by atoms with van der Waals surface area (Å²) in [6.07, 6.45) is 4.54. The van der Waals surface area contributed by atoms with Crippen LogP contribution in [0.3, 0.4) is 0 Å². The molecule has 0 atom stereocenters. The lowest BCUT2D eigenvalue weighted by Gasteiger charge is -1.97. The lowest BCUT2D eigenvalue weighted by Crippen LogP contribution is -1.95. The number of nitrogens with two attached hydrogens (primary N) is 1. The minimum absolute atomic E-state index is 0.400. The Morgan fingerprint density at radius 2 is 2.06 bits per heavy atom. The van der Waals surface area contributed by atoms with Gasteiger partial charge in [0.25, 0.3) is 0 Å². The van der Waals surface area contributed by atoms with Crippen LogP contribution in [0.5, 0.6) is 0 Å². The molecule has 2 N–H and O–H groups in total. The number of anilines is 1.